The fourth-order valence-electron chi connectivity index (χ4n) is 2.01. The maximum atomic E-state index is 11.8. The first kappa shape index (κ1) is 13.3. The third kappa shape index (κ3) is 2.59. The number of rotatable bonds is 3. The fourth-order valence-corrected chi connectivity index (χ4v) is 2.95. The van der Waals surface area contributed by atoms with E-state index in [1.165, 1.54) is 11.3 Å². The normalized spacial score (nSPS) is 14.9. The van der Waals surface area contributed by atoms with Crippen molar-refractivity contribution in [2.24, 2.45) is 5.92 Å². The lowest BCUT2D eigenvalue weighted by Gasteiger charge is -2.21. The van der Waals surface area contributed by atoms with Gasteiger partial charge in [-0.15, -0.1) is 11.3 Å². The van der Waals surface area contributed by atoms with Gasteiger partial charge in [-0.3, -0.25) is 9.59 Å². The third-order valence-corrected chi connectivity index (χ3v) is 4.29. The zero-order valence-electron chi connectivity index (χ0n) is 10.4. The third-order valence-electron chi connectivity index (χ3n) is 3.20. The minimum absolute atomic E-state index is 0.135. The van der Waals surface area contributed by atoms with E-state index < -0.39 is 0 Å². The maximum Gasteiger partial charge on any atom is 0.230 e. The van der Waals surface area contributed by atoms with Crippen molar-refractivity contribution in [1.82, 2.24) is 4.98 Å². The summed E-state index contributed by atoms with van der Waals surface area (Å²) in [5.74, 6) is -0.194. The van der Waals surface area contributed by atoms with Crippen LogP contribution in [0.25, 0.3) is 11.3 Å². The van der Waals surface area contributed by atoms with Gasteiger partial charge in [0.2, 0.25) is 5.91 Å². The number of amides is 1. The minimum Gasteiger partial charge on any atom is -0.302 e. The highest BCUT2D eigenvalue weighted by Crippen LogP contribution is 2.31. The van der Waals surface area contributed by atoms with E-state index in [0.717, 1.165) is 11.3 Å². The van der Waals surface area contributed by atoms with E-state index in [2.05, 4.69) is 10.3 Å². The molecular formula is C14H11ClN2O2S. The molecule has 0 spiro atoms. The lowest BCUT2D eigenvalue weighted by molar-refractivity contribution is -0.135. The number of hydrogen-bond donors (Lipinski definition) is 1. The standard InChI is InChI=1S/C14H11ClN2O2S/c15-11-4-2-1-3-10(11)12-7-20-14(16-12)17-13(19)8-5-9(18)6-8/h1-4,7-8H,5-6H2,(H,16,17,19). The van der Waals surface area contributed by atoms with Crippen molar-refractivity contribution in [2.75, 3.05) is 5.32 Å². The van der Waals surface area contributed by atoms with E-state index in [0.29, 0.717) is 23.0 Å². The lowest BCUT2D eigenvalue weighted by Crippen LogP contribution is -2.34. The molecule has 1 aliphatic carbocycles. The summed E-state index contributed by atoms with van der Waals surface area (Å²) in [6.07, 6.45) is 0.684. The average molecular weight is 307 g/mol. The molecule has 20 heavy (non-hydrogen) atoms. The Morgan fingerprint density at radius 1 is 1.35 bits per heavy atom. The number of anilines is 1. The number of Topliss-reactive ketones (excluding diaryl/α,β-unsaturated/α-hetero) is 1. The van der Waals surface area contributed by atoms with Gasteiger partial charge in [-0.05, 0) is 6.07 Å². The lowest BCUT2D eigenvalue weighted by atomic mass is 9.83. The van der Waals surface area contributed by atoms with Gasteiger partial charge in [-0.25, -0.2) is 4.98 Å². The fraction of sp³-hybridized carbons (Fsp3) is 0.214. The predicted octanol–water partition coefficient (Wildman–Crippen LogP) is 3.38. The molecule has 1 saturated carbocycles. The molecule has 0 atom stereocenters. The predicted molar refractivity (Wildman–Crippen MR) is 78.9 cm³/mol. The van der Waals surface area contributed by atoms with Gasteiger partial charge >= 0.3 is 0 Å². The number of carbonyl (C=O) groups excluding carboxylic acids is 2. The van der Waals surface area contributed by atoms with Crippen molar-refractivity contribution in [3.63, 3.8) is 0 Å². The van der Waals surface area contributed by atoms with Gasteiger partial charge in [0, 0.05) is 28.8 Å². The van der Waals surface area contributed by atoms with Crippen molar-refractivity contribution < 1.29 is 9.59 Å². The van der Waals surface area contributed by atoms with Crippen LogP contribution in [0, 0.1) is 5.92 Å². The van der Waals surface area contributed by atoms with E-state index in [1.807, 2.05) is 23.6 Å². The molecule has 0 unspecified atom stereocenters. The van der Waals surface area contributed by atoms with Gasteiger partial charge in [0.1, 0.15) is 5.78 Å². The van der Waals surface area contributed by atoms with Crippen LogP contribution in [0.1, 0.15) is 12.8 Å². The number of nitrogens with one attached hydrogen (secondary N) is 1. The Morgan fingerprint density at radius 3 is 2.80 bits per heavy atom. The summed E-state index contributed by atoms with van der Waals surface area (Å²) in [5, 5.41) is 5.75. The smallest absolute Gasteiger partial charge is 0.230 e. The molecule has 1 fully saturated rings. The second-order valence-corrected chi connectivity index (χ2v) is 5.92. The quantitative estimate of drug-likeness (QED) is 0.945. The molecule has 0 bridgehead atoms. The molecule has 3 rings (SSSR count). The highest BCUT2D eigenvalue weighted by atomic mass is 35.5. The van der Waals surface area contributed by atoms with Gasteiger partial charge < -0.3 is 5.32 Å². The highest BCUT2D eigenvalue weighted by Gasteiger charge is 2.33. The Hall–Kier alpha value is -1.72. The molecule has 1 amide bonds. The minimum atomic E-state index is -0.199. The number of halogens is 1. The van der Waals surface area contributed by atoms with Crippen molar-refractivity contribution >= 4 is 39.8 Å². The van der Waals surface area contributed by atoms with Crippen LogP contribution in [-0.4, -0.2) is 16.7 Å². The zero-order valence-corrected chi connectivity index (χ0v) is 12.0. The molecule has 1 aromatic carbocycles. The first-order chi connectivity index (χ1) is 9.63. The zero-order chi connectivity index (χ0) is 14.1. The molecule has 1 aromatic heterocycles. The molecule has 4 nitrogen and oxygen atoms in total. The topological polar surface area (TPSA) is 59.1 Å². The van der Waals surface area contributed by atoms with Crippen LogP contribution in [0.15, 0.2) is 29.6 Å². The monoisotopic (exact) mass is 306 g/mol. The maximum absolute atomic E-state index is 11.8. The second kappa shape index (κ2) is 5.34. The first-order valence-electron chi connectivity index (χ1n) is 6.16. The Bertz CT molecular complexity index is 675. The summed E-state index contributed by atoms with van der Waals surface area (Å²) in [5.41, 5.74) is 1.57. The molecule has 6 heteroatoms. The molecule has 1 N–H and O–H groups in total. The average Bonchev–Trinajstić information content (AvgIpc) is 2.83. The molecule has 0 saturated heterocycles. The number of aromatic nitrogens is 1. The molecule has 1 heterocycles. The largest absolute Gasteiger partial charge is 0.302 e. The highest BCUT2D eigenvalue weighted by molar-refractivity contribution is 7.14. The molecule has 1 aliphatic rings. The molecular weight excluding hydrogens is 296 g/mol. The summed E-state index contributed by atoms with van der Waals surface area (Å²) >= 11 is 7.46. The van der Waals surface area contributed by atoms with Crippen molar-refractivity contribution in [1.29, 1.82) is 0 Å². The summed E-state index contributed by atoms with van der Waals surface area (Å²) < 4.78 is 0. The summed E-state index contributed by atoms with van der Waals surface area (Å²) in [6.45, 7) is 0. The summed E-state index contributed by atoms with van der Waals surface area (Å²) in [6, 6.07) is 7.43. The van der Waals surface area contributed by atoms with E-state index in [9.17, 15) is 9.59 Å². The van der Waals surface area contributed by atoms with Crippen LogP contribution in [0.5, 0.6) is 0 Å². The second-order valence-electron chi connectivity index (χ2n) is 4.65. The van der Waals surface area contributed by atoms with Gasteiger partial charge in [0.25, 0.3) is 0 Å². The molecule has 102 valence electrons. The number of ketones is 1. The van der Waals surface area contributed by atoms with Crippen molar-refractivity contribution in [3.05, 3.63) is 34.7 Å². The van der Waals surface area contributed by atoms with Crippen LogP contribution in [-0.2, 0) is 9.59 Å². The Balaban J connectivity index is 1.73. The van der Waals surface area contributed by atoms with Crippen LogP contribution in [0.2, 0.25) is 5.02 Å². The van der Waals surface area contributed by atoms with E-state index in [-0.39, 0.29) is 17.6 Å². The van der Waals surface area contributed by atoms with E-state index in [4.69, 9.17) is 11.6 Å². The van der Waals surface area contributed by atoms with Crippen LogP contribution in [0.4, 0.5) is 5.13 Å². The van der Waals surface area contributed by atoms with Crippen molar-refractivity contribution in [3.8, 4) is 11.3 Å². The van der Waals surface area contributed by atoms with E-state index in [1.54, 1.807) is 6.07 Å². The molecule has 0 radical (unpaired) electrons. The molecule has 0 aliphatic heterocycles. The summed E-state index contributed by atoms with van der Waals surface area (Å²) in [4.78, 5) is 27.1. The van der Waals surface area contributed by atoms with Crippen LogP contribution >= 0.6 is 22.9 Å². The van der Waals surface area contributed by atoms with Crippen LogP contribution in [0.3, 0.4) is 0 Å². The number of thiazole rings is 1. The molecule has 2 aromatic rings. The Morgan fingerprint density at radius 2 is 2.10 bits per heavy atom. The van der Waals surface area contributed by atoms with Gasteiger partial charge in [-0.2, -0.15) is 0 Å². The van der Waals surface area contributed by atoms with Gasteiger partial charge in [-0.1, -0.05) is 29.8 Å². The number of nitrogens with zero attached hydrogens (tertiary/aromatic N) is 1. The Kier molecular flexibility index (Phi) is 3.54. The first-order valence-corrected chi connectivity index (χ1v) is 7.42. The number of hydrogen-bond acceptors (Lipinski definition) is 4. The number of carbonyl (C=O) groups is 2. The van der Waals surface area contributed by atoms with Gasteiger partial charge in [0.15, 0.2) is 5.13 Å². The number of benzene rings is 1. The van der Waals surface area contributed by atoms with Crippen molar-refractivity contribution in [2.45, 2.75) is 12.8 Å². The van der Waals surface area contributed by atoms with Crippen LogP contribution < -0.4 is 5.32 Å². The SMILES string of the molecule is O=C1CC(C(=O)Nc2nc(-c3ccccc3Cl)cs2)C1. The van der Waals surface area contributed by atoms with E-state index >= 15 is 0 Å². The Labute approximate surface area is 124 Å². The van der Waals surface area contributed by atoms with Gasteiger partial charge in [0.05, 0.1) is 11.6 Å². The summed E-state index contributed by atoms with van der Waals surface area (Å²) in [7, 11) is 0.